The number of ether oxygens (including phenoxy) is 1. The normalized spacial score (nSPS) is 21.1. The third-order valence-electron chi connectivity index (χ3n) is 6.92. The number of carbonyl (C=O) groups is 2. The summed E-state index contributed by atoms with van der Waals surface area (Å²) in [5, 5.41) is 11.5. The summed E-state index contributed by atoms with van der Waals surface area (Å²) in [5.41, 5.74) is 3.21. The molecule has 1 N–H and O–H groups in total. The molecule has 1 aliphatic carbocycles. The van der Waals surface area contributed by atoms with Gasteiger partial charge in [0.05, 0.1) is 18.7 Å². The van der Waals surface area contributed by atoms with Gasteiger partial charge in [-0.2, -0.15) is 0 Å². The lowest BCUT2D eigenvalue weighted by molar-refractivity contribution is -0.141. The number of ketones is 1. The van der Waals surface area contributed by atoms with E-state index in [0.717, 1.165) is 54.5 Å². The molecule has 33 heavy (non-hydrogen) atoms. The average molecular weight is 449 g/mol. The number of benzene rings is 1. The zero-order valence-corrected chi connectivity index (χ0v) is 19.8. The number of Topliss-reactive ketones (excluding diaryl/α,β-unsaturated/α-hetero) is 1. The van der Waals surface area contributed by atoms with Crippen LogP contribution in [0.2, 0.25) is 0 Å². The summed E-state index contributed by atoms with van der Waals surface area (Å²) in [6, 6.07) is 6.76. The highest BCUT2D eigenvalue weighted by Gasteiger charge is 2.49. The van der Waals surface area contributed by atoms with Crippen LogP contribution in [0.4, 0.5) is 0 Å². The first-order chi connectivity index (χ1) is 15.8. The maximum absolute atomic E-state index is 13.4. The van der Waals surface area contributed by atoms with Crippen LogP contribution in [-0.2, 0) is 9.59 Å². The molecular formula is C27H32N2O4. The lowest BCUT2D eigenvalue weighted by Gasteiger charge is -2.35. The molecule has 2 fully saturated rings. The van der Waals surface area contributed by atoms with Gasteiger partial charge in [0.2, 0.25) is 0 Å². The minimum Gasteiger partial charge on any atom is -0.507 e. The molecule has 1 aromatic carbocycles. The Bertz CT molecular complexity index is 1080. The number of rotatable bonds is 5. The van der Waals surface area contributed by atoms with Gasteiger partial charge in [-0.15, -0.1) is 0 Å². The molecule has 1 atom stereocenters. The number of aromatic nitrogens is 1. The Morgan fingerprint density at radius 2 is 1.79 bits per heavy atom. The molecule has 1 unspecified atom stereocenters. The first-order valence-corrected chi connectivity index (χ1v) is 11.7. The highest BCUT2D eigenvalue weighted by atomic mass is 16.5. The van der Waals surface area contributed by atoms with Gasteiger partial charge in [0.15, 0.2) is 0 Å². The molecule has 0 spiro atoms. The summed E-state index contributed by atoms with van der Waals surface area (Å²) in [4.78, 5) is 32.5. The molecule has 1 amide bonds. The van der Waals surface area contributed by atoms with Crippen molar-refractivity contribution in [1.29, 1.82) is 0 Å². The molecule has 6 nitrogen and oxygen atoms in total. The Balaban J connectivity index is 1.91. The summed E-state index contributed by atoms with van der Waals surface area (Å²) >= 11 is 0. The fraction of sp³-hybridized carbons (Fsp3) is 0.444. The highest BCUT2D eigenvalue weighted by molar-refractivity contribution is 6.46. The van der Waals surface area contributed by atoms with Crippen LogP contribution in [0.25, 0.3) is 5.76 Å². The van der Waals surface area contributed by atoms with Crippen LogP contribution in [0, 0.1) is 6.92 Å². The van der Waals surface area contributed by atoms with Crippen LogP contribution < -0.4 is 4.74 Å². The summed E-state index contributed by atoms with van der Waals surface area (Å²) in [6.45, 7) is 5.98. The SMILES string of the molecule is COc1cc(C)c(/C(O)=C2\C(=O)C(=O)N(C3CCCCC3)C2c2ccncc2)cc1C(C)C. The Morgan fingerprint density at radius 1 is 1.12 bits per heavy atom. The molecule has 2 heterocycles. The van der Waals surface area contributed by atoms with Crippen LogP contribution in [0.3, 0.4) is 0 Å². The number of carbonyl (C=O) groups excluding carboxylic acids is 2. The first-order valence-electron chi connectivity index (χ1n) is 11.7. The van der Waals surface area contributed by atoms with Crippen molar-refractivity contribution in [2.24, 2.45) is 0 Å². The molecule has 1 aromatic heterocycles. The maximum Gasteiger partial charge on any atom is 0.295 e. The van der Waals surface area contributed by atoms with Crippen molar-refractivity contribution in [2.45, 2.75) is 70.9 Å². The number of aliphatic hydroxyl groups excluding tert-OH is 1. The van der Waals surface area contributed by atoms with E-state index in [4.69, 9.17) is 4.74 Å². The van der Waals surface area contributed by atoms with Crippen LogP contribution in [0.15, 0.2) is 42.2 Å². The number of amides is 1. The Hall–Kier alpha value is -3.15. The van der Waals surface area contributed by atoms with Crippen LogP contribution >= 0.6 is 0 Å². The van der Waals surface area contributed by atoms with Crippen LogP contribution in [0.5, 0.6) is 5.75 Å². The molecule has 1 saturated heterocycles. The van der Waals surface area contributed by atoms with E-state index in [1.54, 1.807) is 24.4 Å². The molecular weight excluding hydrogens is 416 g/mol. The molecule has 1 saturated carbocycles. The van der Waals surface area contributed by atoms with Gasteiger partial charge in [-0.05, 0) is 66.6 Å². The van der Waals surface area contributed by atoms with E-state index in [9.17, 15) is 14.7 Å². The van der Waals surface area contributed by atoms with E-state index in [0.29, 0.717) is 5.56 Å². The largest absolute Gasteiger partial charge is 0.507 e. The number of pyridine rings is 1. The molecule has 2 aliphatic rings. The molecule has 0 radical (unpaired) electrons. The zero-order chi connectivity index (χ0) is 23.7. The van der Waals surface area contributed by atoms with Crippen molar-refractivity contribution < 1.29 is 19.4 Å². The van der Waals surface area contributed by atoms with E-state index in [-0.39, 0.29) is 23.3 Å². The molecule has 0 bridgehead atoms. The predicted molar refractivity (Wildman–Crippen MR) is 127 cm³/mol. The quantitative estimate of drug-likeness (QED) is 0.383. The zero-order valence-electron chi connectivity index (χ0n) is 19.8. The minimum atomic E-state index is -0.625. The number of aryl methyl sites for hydroxylation is 1. The Morgan fingerprint density at radius 3 is 2.39 bits per heavy atom. The smallest absolute Gasteiger partial charge is 0.295 e. The van der Waals surface area contributed by atoms with Gasteiger partial charge in [0.25, 0.3) is 11.7 Å². The van der Waals surface area contributed by atoms with Crippen LogP contribution in [0.1, 0.15) is 80.2 Å². The van der Waals surface area contributed by atoms with Crippen molar-refractivity contribution in [1.82, 2.24) is 9.88 Å². The van der Waals surface area contributed by atoms with Crippen molar-refractivity contribution >= 4 is 17.4 Å². The molecule has 1 aliphatic heterocycles. The third kappa shape index (κ3) is 4.14. The van der Waals surface area contributed by atoms with Crippen molar-refractivity contribution in [2.75, 3.05) is 7.11 Å². The van der Waals surface area contributed by atoms with E-state index in [1.807, 2.05) is 31.2 Å². The van der Waals surface area contributed by atoms with E-state index in [2.05, 4.69) is 18.8 Å². The second-order valence-corrected chi connectivity index (χ2v) is 9.34. The van der Waals surface area contributed by atoms with Gasteiger partial charge < -0.3 is 14.7 Å². The van der Waals surface area contributed by atoms with Gasteiger partial charge in [0.1, 0.15) is 11.5 Å². The summed E-state index contributed by atoms with van der Waals surface area (Å²) in [6.07, 6.45) is 8.26. The second kappa shape index (κ2) is 9.38. The minimum absolute atomic E-state index is 0.0122. The predicted octanol–water partition coefficient (Wildman–Crippen LogP) is 5.28. The summed E-state index contributed by atoms with van der Waals surface area (Å²) < 4.78 is 5.54. The number of nitrogens with zero attached hydrogens (tertiary/aromatic N) is 2. The van der Waals surface area contributed by atoms with E-state index >= 15 is 0 Å². The Kier molecular flexibility index (Phi) is 6.54. The fourth-order valence-electron chi connectivity index (χ4n) is 5.19. The van der Waals surface area contributed by atoms with Gasteiger partial charge in [-0.1, -0.05) is 33.1 Å². The number of aliphatic hydroxyl groups is 1. The van der Waals surface area contributed by atoms with Gasteiger partial charge >= 0.3 is 0 Å². The fourth-order valence-corrected chi connectivity index (χ4v) is 5.19. The van der Waals surface area contributed by atoms with Crippen molar-refractivity contribution in [3.63, 3.8) is 0 Å². The first kappa shape index (κ1) is 23.0. The average Bonchev–Trinajstić information content (AvgIpc) is 3.09. The van der Waals surface area contributed by atoms with Crippen LogP contribution in [-0.4, -0.2) is 39.8 Å². The third-order valence-corrected chi connectivity index (χ3v) is 6.92. The van der Waals surface area contributed by atoms with Crippen molar-refractivity contribution in [3.05, 3.63) is 64.5 Å². The van der Waals surface area contributed by atoms with Crippen molar-refractivity contribution in [3.8, 4) is 5.75 Å². The monoisotopic (exact) mass is 448 g/mol. The van der Waals surface area contributed by atoms with E-state index < -0.39 is 17.7 Å². The standard InChI is InChI=1S/C27H32N2O4/c1-16(2)20-15-21(17(3)14-22(20)33-4)25(30)23-24(18-10-12-28-13-11-18)29(27(32)26(23)31)19-8-6-5-7-9-19/h10-16,19,24,30H,5-9H2,1-4H3/b25-23+. The van der Waals surface area contributed by atoms with E-state index in [1.165, 1.54) is 0 Å². The number of likely N-dealkylation sites (tertiary alicyclic amines) is 1. The molecule has 6 heteroatoms. The number of hydrogen-bond donors (Lipinski definition) is 1. The highest BCUT2D eigenvalue weighted by Crippen LogP contribution is 2.44. The Labute approximate surface area is 195 Å². The van der Waals surface area contributed by atoms with Gasteiger partial charge in [-0.25, -0.2) is 0 Å². The summed E-state index contributed by atoms with van der Waals surface area (Å²) in [7, 11) is 1.62. The lowest BCUT2D eigenvalue weighted by atomic mass is 9.89. The molecule has 2 aromatic rings. The topological polar surface area (TPSA) is 79.7 Å². The number of hydrogen-bond acceptors (Lipinski definition) is 5. The van der Waals surface area contributed by atoms with Gasteiger partial charge in [0, 0.05) is 24.0 Å². The molecule has 4 rings (SSSR count). The summed E-state index contributed by atoms with van der Waals surface area (Å²) in [5.74, 6) is -0.377. The lowest BCUT2D eigenvalue weighted by Crippen LogP contribution is -2.40. The maximum atomic E-state index is 13.4. The molecule has 174 valence electrons. The van der Waals surface area contributed by atoms with Gasteiger partial charge in [-0.3, -0.25) is 14.6 Å². The number of methoxy groups -OCH3 is 1. The second-order valence-electron chi connectivity index (χ2n) is 9.34.